The average molecular weight is 408 g/mol. The molecule has 6 nitrogen and oxygen atoms in total. The molecular weight excluding hydrogens is 380 g/mol. The lowest BCUT2D eigenvalue weighted by atomic mass is 9.71. The second kappa shape index (κ2) is 7.42. The van der Waals surface area contributed by atoms with Crippen molar-refractivity contribution in [1.82, 2.24) is 4.90 Å². The molecule has 1 fully saturated rings. The average Bonchev–Trinajstić information content (AvgIpc) is 3.25. The first-order valence-corrected chi connectivity index (χ1v) is 10.8. The summed E-state index contributed by atoms with van der Waals surface area (Å²) in [5.74, 6) is 2.40. The third kappa shape index (κ3) is 3.15. The largest absolute Gasteiger partial charge is 0.497 e. The first kappa shape index (κ1) is 19.1. The van der Waals surface area contributed by atoms with Crippen LogP contribution in [0.2, 0.25) is 0 Å². The molecular formula is C24H28N2O4. The Balaban J connectivity index is 1.48. The number of anilines is 1. The first-order chi connectivity index (χ1) is 14.6. The molecule has 2 aromatic rings. The van der Waals surface area contributed by atoms with Crippen LogP contribution in [0.1, 0.15) is 49.8 Å². The number of nitrogens with one attached hydrogen (secondary N) is 1. The standard InChI is InChI=1S/C24H28N2O4/c1-16-19-13-21-22(30-12-11-29-21)14-20(19)24(9-3-4-10-24)15-26(16)23(27)25-17-5-7-18(28-2)8-6-17/h5-8,13-14,16H,3-4,9-12,15H2,1-2H3,(H,25,27). The molecule has 1 spiro atoms. The minimum absolute atomic E-state index is 0.00503. The normalized spacial score (nSPS) is 21.3. The molecule has 1 saturated carbocycles. The van der Waals surface area contributed by atoms with E-state index in [0.29, 0.717) is 13.2 Å². The Hall–Kier alpha value is -2.89. The van der Waals surface area contributed by atoms with Crippen LogP contribution in [-0.4, -0.2) is 37.8 Å². The van der Waals surface area contributed by atoms with E-state index in [1.165, 1.54) is 24.0 Å². The Morgan fingerprint density at radius 1 is 1.10 bits per heavy atom. The molecule has 1 aliphatic carbocycles. The second-order valence-electron chi connectivity index (χ2n) is 8.53. The zero-order chi connectivity index (χ0) is 20.7. The number of benzene rings is 2. The van der Waals surface area contributed by atoms with E-state index in [0.717, 1.165) is 42.3 Å². The van der Waals surface area contributed by atoms with E-state index in [4.69, 9.17) is 14.2 Å². The van der Waals surface area contributed by atoms with Gasteiger partial charge in [-0.2, -0.15) is 0 Å². The molecule has 2 aromatic carbocycles. The highest BCUT2D eigenvalue weighted by Crippen LogP contribution is 2.52. The number of hydrogen-bond donors (Lipinski definition) is 1. The molecule has 1 N–H and O–H groups in total. The Bertz CT molecular complexity index is 950. The molecule has 30 heavy (non-hydrogen) atoms. The van der Waals surface area contributed by atoms with Crippen molar-refractivity contribution in [1.29, 1.82) is 0 Å². The summed E-state index contributed by atoms with van der Waals surface area (Å²) >= 11 is 0. The van der Waals surface area contributed by atoms with Gasteiger partial charge in [0.2, 0.25) is 0 Å². The van der Waals surface area contributed by atoms with Crippen LogP contribution >= 0.6 is 0 Å². The molecule has 2 heterocycles. The van der Waals surface area contributed by atoms with E-state index >= 15 is 0 Å². The molecule has 0 radical (unpaired) electrons. The maximum Gasteiger partial charge on any atom is 0.322 e. The van der Waals surface area contributed by atoms with Crippen LogP contribution in [0, 0.1) is 0 Å². The lowest BCUT2D eigenvalue weighted by molar-refractivity contribution is 0.149. The van der Waals surface area contributed by atoms with Crippen LogP contribution < -0.4 is 19.5 Å². The lowest BCUT2D eigenvalue weighted by Crippen LogP contribution is -2.50. The fourth-order valence-electron chi connectivity index (χ4n) is 5.22. The molecule has 6 heteroatoms. The molecule has 0 aromatic heterocycles. The Labute approximate surface area is 177 Å². The van der Waals surface area contributed by atoms with Crippen molar-refractivity contribution < 1.29 is 19.0 Å². The fourth-order valence-corrected chi connectivity index (χ4v) is 5.22. The van der Waals surface area contributed by atoms with Crippen molar-refractivity contribution in [2.75, 3.05) is 32.2 Å². The summed E-state index contributed by atoms with van der Waals surface area (Å²) in [7, 11) is 1.63. The summed E-state index contributed by atoms with van der Waals surface area (Å²) in [5.41, 5.74) is 3.28. The van der Waals surface area contributed by atoms with Crippen molar-refractivity contribution in [2.45, 2.75) is 44.1 Å². The monoisotopic (exact) mass is 408 g/mol. The fraction of sp³-hybridized carbons (Fsp3) is 0.458. The highest BCUT2D eigenvalue weighted by Gasteiger charge is 2.46. The highest BCUT2D eigenvalue weighted by atomic mass is 16.6. The number of carbonyl (C=O) groups is 1. The number of hydrogen-bond acceptors (Lipinski definition) is 4. The van der Waals surface area contributed by atoms with Gasteiger partial charge in [-0.05, 0) is 67.3 Å². The summed E-state index contributed by atoms with van der Waals surface area (Å²) in [6.07, 6.45) is 4.57. The number of rotatable bonds is 2. The van der Waals surface area contributed by atoms with Gasteiger partial charge in [0, 0.05) is 17.6 Å². The van der Waals surface area contributed by atoms with Crippen LogP contribution in [0.25, 0.3) is 0 Å². The van der Waals surface area contributed by atoms with Gasteiger partial charge in [0.05, 0.1) is 13.2 Å². The number of nitrogens with zero attached hydrogens (tertiary/aromatic N) is 1. The summed E-state index contributed by atoms with van der Waals surface area (Å²) < 4.78 is 16.9. The number of fused-ring (bicyclic) bond motifs is 3. The molecule has 1 unspecified atom stereocenters. The van der Waals surface area contributed by atoms with Gasteiger partial charge in [-0.25, -0.2) is 4.79 Å². The Kier molecular flexibility index (Phi) is 4.72. The van der Waals surface area contributed by atoms with Gasteiger partial charge >= 0.3 is 6.03 Å². The zero-order valence-corrected chi connectivity index (χ0v) is 17.6. The highest BCUT2D eigenvalue weighted by molar-refractivity contribution is 5.90. The van der Waals surface area contributed by atoms with E-state index < -0.39 is 0 Å². The third-order valence-corrected chi connectivity index (χ3v) is 6.84. The predicted molar refractivity (Wildman–Crippen MR) is 115 cm³/mol. The zero-order valence-electron chi connectivity index (χ0n) is 17.6. The van der Waals surface area contributed by atoms with Gasteiger partial charge in [0.25, 0.3) is 0 Å². The molecule has 2 aliphatic heterocycles. The van der Waals surface area contributed by atoms with Crippen molar-refractivity contribution >= 4 is 11.7 Å². The Morgan fingerprint density at radius 2 is 1.77 bits per heavy atom. The number of ether oxygens (including phenoxy) is 3. The van der Waals surface area contributed by atoms with Crippen molar-refractivity contribution in [2.24, 2.45) is 0 Å². The predicted octanol–water partition coefficient (Wildman–Crippen LogP) is 4.89. The topological polar surface area (TPSA) is 60.0 Å². The molecule has 0 saturated heterocycles. The van der Waals surface area contributed by atoms with E-state index in [-0.39, 0.29) is 17.5 Å². The SMILES string of the molecule is COc1ccc(NC(=O)N2CC3(CCCC3)c3cc4c(cc3C2C)OCCO4)cc1. The maximum atomic E-state index is 13.3. The second-order valence-corrected chi connectivity index (χ2v) is 8.53. The number of urea groups is 1. The maximum absolute atomic E-state index is 13.3. The molecule has 3 aliphatic rings. The Morgan fingerprint density at radius 3 is 2.43 bits per heavy atom. The molecule has 5 rings (SSSR count). The van der Waals surface area contributed by atoms with Crippen LogP contribution in [0.15, 0.2) is 36.4 Å². The molecule has 0 bridgehead atoms. The molecule has 1 atom stereocenters. The van der Waals surface area contributed by atoms with Gasteiger partial charge in [0.15, 0.2) is 11.5 Å². The van der Waals surface area contributed by atoms with E-state index in [2.05, 4.69) is 24.4 Å². The number of carbonyl (C=O) groups excluding carboxylic acids is 1. The summed E-state index contributed by atoms with van der Waals surface area (Å²) in [4.78, 5) is 15.3. The molecule has 158 valence electrons. The number of methoxy groups -OCH3 is 1. The van der Waals surface area contributed by atoms with E-state index in [1.807, 2.05) is 29.2 Å². The van der Waals surface area contributed by atoms with E-state index in [1.54, 1.807) is 7.11 Å². The van der Waals surface area contributed by atoms with Gasteiger partial charge in [-0.15, -0.1) is 0 Å². The van der Waals surface area contributed by atoms with Gasteiger partial charge in [0.1, 0.15) is 19.0 Å². The summed E-state index contributed by atoms with van der Waals surface area (Å²) in [5, 5.41) is 3.07. The van der Waals surface area contributed by atoms with Gasteiger partial charge in [-0.1, -0.05) is 12.8 Å². The van der Waals surface area contributed by atoms with Crippen molar-refractivity contribution in [3.8, 4) is 17.2 Å². The molecule has 2 amide bonds. The smallest absolute Gasteiger partial charge is 0.322 e. The lowest BCUT2D eigenvalue weighted by Gasteiger charge is -2.46. The number of amides is 2. The minimum Gasteiger partial charge on any atom is -0.497 e. The van der Waals surface area contributed by atoms with E-state index in [9.17, 15) is 4.79 Å². The van der Waals surface area contributed by atoms with Crippen LogP contribution in [0.5, 0.6) is 17.2 Å². The van der Waals surface area contributed by atoms with Crippen LogP contribution in [-0.2, 0) is 5.41 Å². The summed E-state index contributed by atoms with van der Waals surface area (Å²) in [6.45, 7) is 3.98. The first-order valence-electron chi connectivity index (χ1n) is 10.8. The quantitative estimate of drug-likeness (QED) is 0.769. The van der Waals surface area contributed by atoms with Crippen molar-refractivity contribution in [3.05, 3.63) is 47.5 Å². The van der Waals surface area contributed by atoms with Gasteiger partial charge < -0.3 is 24.4 Å². The van der Waals surface area contributed by atoms with Gasteiger partial charge in [-0.3, -0.25) is 0 Å². The minimum atomic E-state index is -0.0699. The summed E-state index contributed by atoms with van der Waals surface area (Å²) in [6, 6.07) is 11.6. The van der Waals surface area contributed by atoms with Crippen LogP contribution in [0.3, 0.4) is 0 Å². The third-order valence-electron chi connectivity index (χ3n) is 6.84. The van der Waals surface area contributed by atoms with Crippen molar-refractivity contribution in [3.63, 3.8) is 0 Å². The van der Waals surface area contributed by atoms with Crippen LogP contribution in [0.4, 0.5) is 10.5 Å².